The van der Waals surface area contributed by atoms with E-state index >= 15 is 0 Å². The second kappa shape index (κ2) is 9.89. The lowest BCUT2D eigenvalue weighted by molar-refractivity contribution is -0.113. The zero-order chi connectivity index (χ0) is 21.6. The van der Waals surface area contributed by atoms with Crippen molar-refractivity contribution < 1.29 is 4.79 Å². The molecule has 0 bridgehead atoms. The molecule has 2 aromatic carbocycles. The molecule has 8 heteroatoms. The molecule has 0 aliphatic heterocycles. The van der Waals surface area contributed by atoms with Crippen molar-refractivity contribution in [2.24, 2.45) is 0 Å². The van der Waals surface area contributed by atoms with Crippen LogP contribution in [0.2, 0.25) is 0 Å². The van der Waals surface area contributed by atoms with Crippen LogP contribution in [0, 0.1) is 6.92 Å². The van der Waals surface area contributed by atoms with Gasteiger partial charge in [-0.15, -0.1) is 21.5 Å². The van der Waals surface area contributed by atoms with Crippen LogP contribution in [0.1, 0.15) is 23.9 Å². The van der Waals surface area contributed by atoms with Crippen molar-refractivity contribution in [1.29, 1.82) is 0 Å². The van der Waals surface area contributed by atoms with Crippen LogP contribution in [0.5, 0.6) is 0 Å². The Kier molecular flexibility index (Phi) is 6.79. The molecule has 1 N–H and O–H groups in total. The maximum Gasteiger partial charge on any atom is 0.236 e. The highest BCUT2D eigenvalue weighted by Gasteiger charge is 2.14. The summed E-state index contributed by atoms with van der Waals surface area (Å²) in [5.41, 5.74) is 4.38. The smallest absolute Gasteiger partial charge is 0.236 e. The van der Waals surface area contributed by atoms with Crippen LogP contribution in [-0.2, 0) is 17.8 Å². The van der Waals surface area contributed by atoms with Crippen molar-refractivity contribution in [3.8, 4) is 11.3 Å². The molecule has 6 nitrogen and oxygen atoms in total. The van der Waals surface area contributed by atoms with Crippen LogP contribution < -0.4 is 5.32 Å². The van der Waals surface area contributed by atoms with E-state index in [0.29, 0.717) is 11.7 Å². The minimum Gasteiger partial charge on any atom is -0.302 e. The number of carbonyl (C=O) groups excluding carboxylic acids is 1. The molecule has 0 atom stereocenters. The fourth-order valence-corrected chi connectivity index (χ4v) is 4.60. The number of aromatic nitrogens is 4. The summed E-state index contributed by atoms with van der Waals surface area (Å²) < 4.78 is 2.02. The van der Waals surface area contributed by atoms with Gasteiger partial charge in [-0.05, 0) is 24.5 Å². The maximum absolute atomic E-state index is 12.5. The topological polar surface area (TPSA) is 72.7 Å². The largest absolute Gasteiger partial charge is 0.302 e. The number of thioether (sulfide) groups is 1. The van der Waals surface area contributed by atoms with Gasteiger partial charge in [0, 0.05) is 10.9 Å². The number of carbonyl (C=O) groups is 1. The first-order valence-electron chi connectivity index (χ1n) is 10.0. The van der Waals surface area contributed by atoms with Gasteiger partial charge < -0.3 is 9.88 Å². The summed E-state index contributed by atoms with van der Waals surface area (Å²) in [6.07, 6.45) is 1.01. The fourth-order valence-electron chi connectivity index (χ4n) is 3.08. The lowest BCUT2D eigenvalue weighted by atomic mass is 10.1. The van der Waals surface area contributed by atoms with Gasteiger partial charge in [0.1, 0.15) is 5.82 Å². The van der Waals surface area contributed by atoms with E-state index in [1.807, 2.05) is 35.1 Å². The van der Waals surface area contributed by atoms with E-state index < -0.39 is 0 Å². The van der Waals surface area contributed by atoms with Gasteiger partial charge in [-0.3, -0.25) is 4.79 Å². The molecule has 4 aromatic rings. The highest BCUT2D eigenvalue weighted by molar-refractivity contribution is 7.99. The van der Waals surface area contributed by atoms with Crippen LogP contribution in [0.25, 0.3) is 11.3 Å². The third kappa shape index (κ3) is 5.39. The van der Waals surface area contributed by atoms with E-state index in [1.165, 1.54) is 34.2 Å². The number of nitrogens with zero attached hydrogens (tertiary/aromatic N) is 4. The lowest BCUT2D eigenvalue weighted by Crippen LogP contribution is -2.14. The summed E-state index contributed by atoms with van der Waals surface area (Å²) in [6, 6.07) is 18.5. The molecule has 0 aliphatic carbocycles. The predicted octanol–water partition coefficient (Wildman–Crippen LogP) is 5.05. The zero-order valence-electron chi connectivity index (χ0n) is 17.4. The van der Waals surface area contributed by atoms with Crippen molar-refractivity contribution in [2.45, 2.75) is 32.0 Å². The molecule has 0 radical (unpaired) electrons. The molecule has 0 saturated heterocycles. The zero-order valence-corrected chi connectivity index (χ0v) is 19.0. The molecule has 0 fully saturated rings. The number of hydrogen-bond donors (Lipinski definition) is 1. The van der Waals surface area contributed by atoms with Crippen molar-refractivity contribution in [3.63, 3.8) is 0 Å². The first-order valence-corrected chi connectivity index (χ1v) is 11.9. The molecule has 0 aliphatic rings. The highest BCUT2D eigenvalue weighted by Crippen LogP contribution is 2.26. The van der Waals surface area contributed by atoms with Gasteiger partial charge in [-0.25, -0.2) is 4.98 Å². The Labute approximate surface area is 189 Å². The van der Waals surface area contributed by atoms with Crippen LogP contribution in [-0.4, -0.2) is 31.4 Å². The molecule has 1 amide bonds. The Hall–Kier alpha value is -2.97. The third-order valence-electron chi connectivity index (χ3n) is 4.83. The highest BCUT2D eigenvalue weighted by atomic mass is 32.2. The lowest BCUT2D eigenvalue weighted by Gasteiger charge is -2.08. The standard InChI is InChI=1S/C23H23N5OS2/c1-3-17-9-11-19(12-10-17)20-14-30-22(24-20)25-21(29)15-31-23-27-26-16(2)28(23)13-18-7-5-4-6-8-18/h4-12,14H,3,13,15H2,1-2H3,(H,24,25,29). The molecule has 31 heavy (non-hydrogen) atoms. The van der Waals surface area contributed by atoms with Gasteiger partial charge in [0.25, 0.3) is 0 Å². The molecule has 2 heterocycles. The van der Waals surface area contributed by atoms with Crippen LogP contribution in [0.15, 0.2) is 65.1 Å². The van der Waals surface area contributed by atoms with E-state index in [0.717, 1.165) is 28.7 Å². The Bertz CT molecular complexity index is 1150. The Morgan fingerprint density at radius 3 is 2.58 bits per heavy atom. The number of hydrogen-bond acceptors (Lipinski definition) is 6. The second-order valence-corrected chi connectivity index (χ2v) is 8.83. The second-order valence-electron chi connectivity index (χ2n) is 7.03. The molecular formula is C23H23N5OS2. The number of anilines is 1. The number of amides is 1. The number of aryl methyl sites for hydroxylation is 2. The van der Waals surface area contributed by atoms with Crippen molar-refractivity contribution in [2.75, 3.05) is 11.1 Å². The summed E-state index contributed by atoms with van der Waals surface area (Å²) in [7, 11) is 0. The SMILES string of the molecule is CCc1ccc(-c2csc(NC(=O)CSc3nnc(C)n3Cc3ccccc3)n2)cc1. The minimum absolute atomic E-state index is 0.112. The van der Waals surface area contributed by atoms with E-state index in [2.05, 4.69) is 63.8 Å². The summed E-state index contributed by atoms with van der Waals surface area (Å²) >= 11 is 2.80. The number of thiazole rings is 1. The van der Waals surface area contributed by atoms with Crippen molar-refractivity contribution in [3.05, 3.63) is 76.9 Å². The van der Waals surface area contributed by atoms with E-state index in [1.54, 1.807) is 0 Å². The first kappa shape index (κ1) is 21.3. The van der Waals surface area contributed by atoms with Crippen LogP contribution in [0.4, 0.5) is 5.13 Å². The van der Waals surface area contributed by atoms with Crippen molar-refractivity contribution >= 4 is 34.1 Å². The average Bonchev–Trinajstić information content (AvgIpc) is 3.40. The van der Waals surface area contributed by atoms with Gasteiger partial charge in [0.05, 0.1) is 18.0 Å². The Morgan fingerprint density at radius 2 is 1.84 bits per heavy atom. The van der Waals surface area contributed by atoms with Gasteiger partial charge in [0.2, 0.25) is 5.91 Å². The van der Waals surface area contributed by atoms with Crippen molar-refractivity contribution in [1.82, 2.24) is 19.7 Å². The predicted molar refractivity (Wildman–Crippen MR) is 127 cm³/mol. The molecule has 0 unspecified atom stereocenters. The summed E-state index contributed by atoms with van der Waals surface area (Å²) in [6.45, 7) is 4.73. The third-order valence-corrected chi connectivity index (χ3v) is 6.55. The van der Waals surface area contributed by atoms with Gasteiger partial charge >= 0.3 is 0 Å². The fraction of sp³-hybridized carbons (Fsp3) is 0.217. The van der Waals surface area contributed by atoms with Crippen LogP contribution >= 0.6 is 23.1 Å². The first-order chi connectivity index (χ1) is 15.1. The molecule has 158 valence electrons. The summed E-state index contributed by atoms with van der Waals surface area (Å²) in [5.74, 6) is 0.956. The number of rotatable bonds is 8. The normalized spacial score (nSPS) is 10.9. The van der Waals surface area contributed by atoms with Gasteiger partial charge in [-0.2, -0.15) is 0 Å². The number of nitrogens with one attached hydrogen (secondary N) is 1. The summed E-state index contributed by atoms with van der Waals surface area (Å²) in [4.78, 5) is 17.0. The Morgan fingerprint density at radius 1 is 1.06 bits per heavy atom. The van der Waals surface area contributed by atoms with E-state index in [9.17, 15) is 4.79 Å². The van der Waals surface area contributed by atoms with Crippen LogP contribution in [0.3, 0.4) is 0 Å². The minimum atomic E-state index is -0.112. The summed E-state index contributed by atoms with van der Waals surface area (Å²) in [5, 5.41) is 14.6. The molecule has 4 rings (SSSR count). The van der Waals surface area contributed by atoms with Gasteiger partial charge in [0.15, 0.2) is 10.3 Å². The molecular weight excluding hydrogens is 426 g/mol. The Balaban J connectivity index is 1.35. The number of benzene rings is 2. The molecule has 2 aromatic heterocycles. The maximum atomic E-state index is 12.5. The quantitative estimate of drug-likeness (QED) is 0.381. The van der Waals surface area contributed by atoms with Gasteiger partial charge in [-0.1, -0.05) is 73.3 Å². The molecule has 0 saturated carbocycles. The average molecular weight is 450 g/mol. The monoisotopic (exact) mass is 449 g/mol. The van der Waals surface area contributed by atoms with E-state index in [-0.39, 0.29) is 11.7 Å². The molecule has 0 spiro atoms. The van der Waals surface area contributed by atoms with E-state index in [4.69, 9.17) is 0 Å².